The number of benzene rings is 1. The Morgan fingerprint density at radius 1 is 1.09 bits per heavy atom. The zero-order chi connectivity index (χ0) is 36.2. The largest absolute Gasteiger partial charge is 0.492 e. The molecule has 2 saturated heterocycles. The summed E-state index contributed by atoms with van der Waals surface area (Å²) < 4.78 is 18.2. The van der Waals surface area contributed by atoms with Crippen LogP contribution in [0, 0.1) is 52.8 Å². The Kier molecular flexibility index (Phi) is 8.82. The molecule has 2 saturated carbocycles. The zero-order valence-electron chi connectivity index (χ0n) is 31.1. The van der Waals surface area contributed by atoms with Crippen LogP contribution in [-0.4, -0.2) is 70.5 Å². The smallest absolute Gasteiger partial charge is 0.345 e. The average Bonchev–Trinajstić information content (AvgIpc) is 3.86. The highest BCUT2D eigenvalue weighted by molar-refractivity contribution is 8.77. The summed E-state index contributed by atoms with van der Waals surface area (Å²) in [6.07, 6.45) is 17.4. The van der Waals surface area contributed by atoms with Crippen LogP contribution >= 0.6 is 21.6 Å². The maximum atomic E-state index is 13.3. The van der Waals surface area contributed by atoms with Gasteiger partial charge in [-0.2, -0.15) is 0 Å². The first-order chi connectivity index (χ1) is 25.8. The van der Waals surface area contributed by atoms with Gasteiger partial charge in [0.15, 0.2) is 11.5 Å². The summed E-state index contributed by atoms with van der Waals surface area (Å²) in [7, 11) is 5.66. The molecule has 1 aromatic rings. The fourth-order valence-electron chi connectivity index (χ4n) is 13.4. The van der Waals surface area contributed by atoms with Gasteiger partial charge in [-0.15, -0.1) is 0 Å². The summed E-state index contributed by atoms with van der Waals surface area (Å²) >= 11 is 0. The van der Waals surface area contributed by atoms with Gasteiger partial charge in [-0.1, -0.05) is 89.6 Å². The lowest BCUT2D eigenvalue weighted by molar-refractivity contribution is -0.133. The van der Waals surface area contributed by atoms with Crippen LogP contribution in [0.1, 0.15) is 70.3 Å². The molecular formula is C44H53NO6S2. The van der Waals surface area contributed by atoms with Gasteiger partial charge in [-0.25, -0.2) is 4.79 Å². The molecule has 282 valence electrons. The molecule has 1 aromatic carbocycles. The number of esters is 1. The number of aliphatic hydroxyl groups excluding tert-OH is 2. The summed E-state index contributed by atoms with van der Waals surface area (Å²) in [5.74, 6) is 5.66. The molecule has 7 nitrogen and oxygen atoms in total. The van der Waals surface area contributed by atoms with Gasteiger partial charge in [0.2, 0.25) is 5.76 Å². The Bertz CT molecular complexity index is 1820. The summed E-state index contributed by atoms with van der Waals surface area (Å²) in [4.78, 5) is 15.6. The third-order valence-corrected chi connectivity index (χ3v) is 18.1. The van der Waals surface area contributed by atoms with Crippen LogP contribution in [0.25, 0.3) is 0 Å². The van der Waals surface area contributed by atoms with E-state index >= 15 is 0 Å². The van der Waals surface area contributed by atoms with Gasteiger partial charge in [0.25, 0.3) is 0 Å². The van der Waals surface area contributed by atoms with Crippen molar-refractivity contribution in [2.75, 3.05) is 26.0 Å². The minimum atomic E-state index is -0.580. The first-order valence-corrected chi connectivity index (χ1v) is 22.6. The summed E-state index contributed by atoms with van der Waals surface area (Å²) in [5, 5.41) is 23.6. The molecule has 14 unspecified atom stereocenters. The molecule has 10 rings (SSSR count). The predicted octanol–water partition coefficient (Wildman–Crippen LogP) is 7.76. The summed E-state index contributed by atoms with van der Waals surface area (Å²) in [6.45, 7) is 5.01. The van der Waals surface area contributed by atoms with E-state index in [0.717, 1.165) is 38.0 Å². The first kappa shape index (κ1) is 35.0. The third kappa shape index (κ3) is 5.22. The number of rotatable bonds is 3. The van der Waals surface area contributed by atoms with Crippen LogP contribution in [-0.2, 0) is 19.0 Å². The van der Waals surface area contributed by atoms with E-state index < -0.39 is 18.7 Å². The maximum absolute atomic E-state index is 13.3. The van der Waals surface area contributed by atoms with E-state index in [1.165, 1.54) is 43.3 Å². The predicted molar refractivity (Wildman–Crippen MR) is 208 cm³/mol. The Labute approximate surface area is 321 Å². The molecule has 9 heteroatoms. The molecule has 0 aromatic heterocycles. The molecule has 0 amide bonds. The molecule has 14 atom stereocenters. The van der Waals surface area contributed by atoms with E-state index in [-0.39, 0.29) is 46.6 Å². The van der Waals surface area contributed by atoms with E-state index in [1.54, 1.807) is 0 Å². The fraction of sp³-hybridized carbons (Fsp3) is 0.614. The standard InChI is InChI=1S/C44H53NO6S2/c1-23-11-12-27-28(18-23)39(47)38-36-29(37(26-8-5-4-6-9-26)44-16-15-25(20-44)22-52-53-34(27)14-13-31(36)44)19-32-35-24(2)40(50-33(35)10-7-17-45(32)38)42-41(49-3)30(21-46)43(48)51-42/h4-6,8-10,12-14,23-25,28-29,31-32,34-39,46-47H,7,11,15-22H2,1-3H3. The SMILES string of the molecule is COC1=C(CO)C(=O)OC1=C1OC2=CCCN3C(CC4C5C3C(O)C3CC(C)CC=C3C3C=CC5C5(CCC(CSS3)C5)C4c3ccccc3)C2C1C. The number of hydrogen-bond acceptors (Lipinski definition) is 9. The van der Waals surface area contributed by atoms with Gasteiger partial charge in [0.05, 0.1) is 25.1 Å². The van der Waals surface area contributed by atoms with E-state index in [0.29, 0.717) is 52.3 Å². The summed E-state index contributed by atoms with van der Waals surface area (Å²) in [5.41, 5.74) is 3.23. The van der Waals surface area contributed by atoms with Crippen molar-refractivity contribution in [3.8, 4) is 0 Å². The zero-order valence-corrected chi connectivity index (χ0v) is 32.7. The Morgan fingerprint density at radius 2 is 1.94 bits per heavy atom. The number of ether oxygens (including phenoxy) is 3. The minimum absolute atomic E-state index is 0.0188. The number of allylic oxidation sites excluding steroid dienone is 3. The van der Waals surface area contributed by atoms with Crippen LogP contribution in [0.4, 0.5) is 0 Å². The van der Waals surface area contributed by atoms with Gasteiger partial charge >= 0.3 is 5.97 Å². The van der Waals surface area contributed by atoms with E-state index in [1.807, 2.05) is 0 Å². The second-order valence-electron chi connectivity index (χ2n) is 17.7. The second-order valence-corrected chi connectivity index (χ2v) is 20.2. The van der Waals surface area contributed by atoms with E-state index in [4.69, 9.17) is 14.2 Å². The van der Waals surface area contributed by atoms with Crippen molar-refractivity contribution in [1.82, 2.24) is 4.90 Å². The van der Waals surface area contributed by atoms with Crippen LogP contribution in [0.15, 0.2) is 88.8 Å². The molecule has 5 aliphatic heterocycles. The van der Waals surface area contributed by atoms with E-state index in [9.17, 15) is 15.0 Å². The van der Waals surface area contributed by atoms with Crippen molar-refractivity contribution in [2.24, 2.45) is 52.8 Å². The van der Waals surface area contributed by atoms with Crippen molar-refractivity contribution < 1.29 is 29.2 Å². The van der Waals surface area contributed by atoms with Crippen molar-refractivity contribution in [3.63, 3.8) is 0 Å². The van der Waals surface area contributed by atoms with Crippen LogP contribution in [0.3, 0.4) is 0 Å². The number of carbonyl (C=O) groups excluding carboxylic acids is 1. The second kappa shape index (κ2) is 13.4. The molecule has 9 aliphatic rings. The first-order valence-electron chi connectivity index (χ1n) is 20.2. The number of nitrogens with zero attached hydrogens (tertiary/aromatic N) is 1. The molecule has 53 heavy (non-hydrogen) atoms. The van der Waals surface area contributed by atoms with Crippen LogP contribution in [0.5, 0.6) is 0 Å². The Morgan fingerprint density at radius 3 is 2.75 bits per heavy atom. The topological polar surface area (TPSA) is 88.5 Å². The molecule has 4 aliphatic carbocycles. The number of cyclic esters (lactones) is 1. The van der Waals surface area contributed by atoms with Crippen molar-refractivity contribution in [1.29, 1.82) is 0 Å². The molecule has 2 N–H and O–H groups in total. The fourth-order valence-corrected chi connectivity index (χ4v) is 16.4. The molecule has 4 fully saturated rings. The van der Waals surface area contributed by atoms with Crippen molar-refractivity contribution >= 4 is 27.6 Å². The van der Waals surface area contributed by atoms with Crippen LogP contribution in [0.2, 0.25) is 0 Å². The number of aliphatic hydroxyl groups is 2. The average molecular weight is 756 g/mol. The maximum Gasteiger partial charge on any atom is 0.345 e. The van der Waals surface area contributed by atoms with Gasteiger partial charge < -0.3 is 24.4 Å². The Balaban J connectivity index is 1.15. The van der Waals surface area contributed by atoms with Gasteiger partial charge in [-0.3, -0.25) is 4.90 Å². The van der Waals surface area contributed by atoms with Crippen molar-refractivity contribution in [3.05, 3.63) is 94.4 Å². The van der Waals surface area contributed by atoms with Gasteiger partial charge in [0.1, 0.15) is 11.3 Å². The molecule has 4 bridgehead atoms. The van der Waals surface area contributed by atoms with Gasteiger partial charge in [-0.05, 0) is 97.5 Å². The monoisotopic (exact) mass is 755 g/mol. The lowest BCUT2D eigenvalue weighted by Crippen LogP contribution is -2.62. The molecule has 0 radical (unpaired) electrons. The highest BCUT2D eigenvalue weighted by Crippen LogP contribution is 2.72. The van der Waals surface area contributed by atoms with Crippen LogP contribution < -0.4 is 0 Å². The number of carbonyl (C=O) groups is 1. The van der Waals surface area contributed by atoms with E-state index in [2.05, 4.69) is 95.0 Å². The lowest BCUT2D eigenvalue weighted by Gasteiger charge is -2.54. The normalized spacial score (nSPS) is 45.8. The highest BCUT2D eigenvalue weighted by atomic mass is 33.1. The minimum Gasteiger partial charge on any atom is -0.492 e. The summed E-state index contributed by atoms with van der Waals surface area (Å²) in [6, 6.07) is 11.6. The third-order valence-electron chi connectivity index (χ3n) is 15.2. The number of piperidine rings is 1. The van der Waals surface area contributed by atoms with Crippen molar-refractivity contribution in [2.45, 2.75) is 88.1 Å². The Hall–Kier alpha value is -2.43. The lowest BCUT2D eigenvalue weighted by atomic mass is 9.65. The quantitative estimate of drug-likeness (QED) is 0.183. The number of fused-ring (bicyclic) bond motifs is 8. The highest BCUT2D eigenvalue weighted by Gasteiger charge is 2.68. The molecule has 1 spiro atoms. The van der Waals surface area contributed by atoms with Gasteiger partial charge in [0, 0.05) is 42.1 Å². The molecular weight excluding hydrogens is 703 g/mol. The number of hydrogen-bond donors (Lipinski definition) is 2. The molecule has 5 heterocycles. The number of methoxy groups -OCH3 is 1.